The number of methoxy groups -OCH3 is 2. The van der Waals surface area contributed by atoms with Gasteiger partial charge in [-0.25, -0.2) is 0 Å². The van der Waals surface area contributed by atoms with Gasteiger partial charge in [-0.1, -0.05) is 11.8 Å². The van der Waals surface area contributed by atoms with Crippen LogP contribution in [0.4, 0.5) is 0 Å². The summed E-state index contributed by atoms with van der Waals surface area (Å²) in [5, 5.41) is 9.73. The molecule has 0 radical (unpaired) electrons. The minimum atomic E-state index is 0.699. The van der Waals surface area contributed by atoms with Crippen molar-refractivity contribution in [3.05, 3.63) is 30.3 Å². The number of ether oxygens (including phenoxy) is 2. The third kappa shape index (κ3) is 4.86. The largest absolute Gasteiger partial charge is 0.493 e. The number of hydrogen-bond donors (Lipinski definition) is 1. The molecule has 0 bridgehead atoms. The highest BCUT2D eigenvalue weighted by atomic mass is 32.2. The highest BCUT2D eigenvalue weighted by molar-refractivity contribution is 7.99. The average Bonchev–Trinajstić information content (AvgIpc) is 2.69. The van der Waals surface area contributed by atoms with E-state index in [2.05, 4.69) is 16.3 Å². The van der Waals surface area contributed by atoms with E-state index in [0.717, 1.165) is 22.0 Å². The minimum Gasteiger partial charge on any atom is -0.493 e. The van der Waals surface area contributed by atoms with Crippen LogP contribution in [0, 0.1) is 0 Å². The number of thioether (sulfide) groups is 1. The summed E-state index contributed by atoms with van der Waals surface area (Å²) in [5.74, 6) is 2.51. The summed E-state index contributed by atoms with van der Waals surface area (Å²) >= 11 is 1.79. The molecule has 0 amide bonds. The van der Waals surface area contributed by atoms with Gasteiger partial charge in [0.05, 0.1) is 39.5 Å². The molecule has 2 heterocycles. The van der Waals surface area contributed by atoms with E-state index in [1.54, 1.807) is 30.9 Å². The van der Waals surface area contributed by atoms with Crippen LogP contribution in [0.2, 0.25) is 0 Å². The molecular weight excluding hydrogens is 334 g/mol. The molecule has 6 heteroatoms. The third-order valence-electron chi connectivity index (χ3n) is 4.59. The van der Waals surface area contributed by atoms with Crippen LogP contribution in [0.1, 0.15) is 19.3 Å². The lowest BCUT2D eigenvalue weighted by molar-refractivity contribution is -0.902. The molecule has 1 aliphatic heterocycles. The number of aromatic nitrogens is 2. The fourth-order valence-corrected chi connectivity index (χ4v) is 4.01. The molecule has 134 valence electrons. The maximum absolute atomic E-state index is 5.35. The van der Waals surface area contributed by atoms with Crippen molar-refractivity contribution in [2.24, 2.45) is 0 Å². The lowest BCUT2D eigenvalue weighted by atomic mass is 10.1. The smallest absolute Gasteiger partial charge is 0.161 e. The van der Waals surface area contributed by atoms with Crippen LogP contribution in [-0.4, -0.2) is 49.8 Å². The topological polar surface area (TPSA) is 48.7 Å². The summed E-state index contributed by atoms with van der Waals surface area (Å²) in [5.41, 5.74) is 1.81. The van der Waals surface area contributed by atoms with E-state index in [1.165, 1.54) is 38.9 Å². The Bertz CT molecular complexity index is 673. The molecule has 25 heavy (non-hydrogen) atoms. The fourth-order valence-electron chi connectivity index (χ4n) is 3.15. The maximum atomic E-state index is 5.35. The average molecular weight is 361 g/mol. The highest BCUT2D eigenvalue weighted by Gasteiger charge is 2.13. The van der Waals surface area contributed by atoms with Gasteiger partial charge in [0.15, 0.2) is 11.5 Å². The predicted molar refractivity (Wildman–Crippen MR) is 101 cm³/mol. The summed E-state index contributed by atoms with van der Waals surface area (Å²) in [6, 6.07) is 9.85. The molecule has 0 unspecified atom stereocenters. The van der Waals surface area contributed by atoms with Gasteiger partial charge in [0.1, 0.15) is 5.03 Å². The van der Waals surface area contributed by atoms with E-state index in [0.29, 0.717) is 11.5 Å². The van der Waals surface area contributed by atoms with Crippen LogP contribution in [-0.2, 0) is 0 Å². The number of benzene rings is 1. The van der Waals surface area contributed by atoms with Gasteiger partial charge in [0, 0.05) is 11.3 Å². The Kier molecular flexibility index (Phi) is 6.53. The number of likely N-dealkylation sites (tertiary alicyclic amines) is 1. The van der Waals surface area contributed by atoms with Gasteiger partial charge in [-0.3, -0.25) is 0 Å². The van der Waals surface area contributed by atoms with Crippen molar-refractivity contribution in [2.75, 3.05) is 39.6 Å². The molecule has 2 aromatic rings. The van der Waals surface area contributed by atoms with E-state index in [1.807, 2.05) is 24.3 Å². The first-order chi connectivity index (χ1) is 12.3. The summed E-state index contributed by atoms with van der Waals surface area (Å²) in [6.45, 7) is 3.86. The zero-order valence-corrected chi connectivity index (χ0v) is 15.8. The van der Waals surface area contributed by atoms with Crippen molar-refractivity contribution < 1.29 is 14.4 Å². The van der Waals surface area contributed by atoms with Gasteiger partial charge in [0.2, 0.25) is 0 Å². The minimum absolute atomic E-state index is 0.699. The molecule has 0 spiro atoms. The highest BCUT2D eigenvalue weighted by Crippen LogP contribution is 2.31. The normalized spacial score (nSPS) is 15.1. The number of piperidine rings is 1. The molecule has 3 rings (SSSR count). The molecule has 0 aliphatic carbocycles. The first-order valence-corrected chi connectivity index (χ1v) is 9.81. The SMILES string of the molecule is COc1ccc(-c2ccc(SCC[NH+]3CCCCC3)nn2)cc1OC. The zero-order chi connectivity index (χ0) is 17.5. The summed E-state index contributed by atoms with van der Waals surface area (Å²) < 4.78 is 10.6. The first kappa shape index (κ1) is 18.0. The Hall–Kier alpha value is -1.79. The summed E-state index contributed by atoms with van der Waals surface area (Å²) in [4.78, 5) is 1.73. The van der Waals surface area contributed by atoms with Crippen LogP contribution in [0.3, 0.4) is 0 Å². The van der Waals surface area contributed by atoms with E-state index < -0.39 is 0 Å². The lowest BCUT2D eigenvalue weighted by Crippen LogP contribution is -3.13. The summed E-state index contributed by atoms with van der Waals surface area (Å²) in [7, 11) is 3.27. The fraction of sp³-hybridized carbons (Fsp3) is 0.474. The van der Waals surface area contributed by atoms with Crippen LogP contribution in [0.5, 0.6) is 11.5 Å². The number of rotatable bonds is 7. The third-order valence-corrected chi connectivity index (χ3v) is 5.51. The molecule has 1 N–H and O–H groups in total. The van der Waals surface area contributed by atoms with Gasteiger partial charge in [-0.2, -0.15) is 0 Å². The number of nitrogens with zero attached hydrogens (tertiary/aromatic N) is 2. The molecule has 1 fully saturated rings. The second kappa shape index (κ2) is 9.06. The van der Waals surface area contributed by atoms with E-state index in [-0.39, 0.29) is 0 Å². The van der Waals surface area contributed by atoms with E-state index >= 15 is 0 Å². The number of nitrogens with one attached hydrogen (secondary N) is 1. The van der Waals surface area contributed by atoms with Crippen molar-refractivity contribution in [1.29, 1.82) is 0 Å². The van der Waals surface area contributed by atoms with E-state index in [9.17, 15) is 0 Å². The van der Waals surface area contributed by atoms with Gasteiger partial charge >= 0.3 is 0 Å². The summed E-state index contributed by atoms with van der Waals surface area (Å²) in [6.07, 6.45) is 4.15. The van der Waals surface area contributed by atoms with Crippen molar-refractivity contribution >= 4 is 11.8 Å². The predicted octanol–water partition coefficient (Wildman–Crippen LogP) is 2.32. The number of quaternary nitrogens is 1. The quantitative estimate of drug-likeness (QED) is 0.768. The second-order valence-corrected chi connectivity index (χ2v) is 7.35. The Morgan fingerprint density at radius 1 is 0.960 bits per heavy atom. The van der Waals surface area contributed by atoms with Crippen LogP contribution in [0.15, 0.2) is 35.4 Å². The Balaban J connectivity index is 1.58. The Labute approximate surface area is 153 Å². The molecule has 1 aromatic carbocycles. The molecule has 1 saturated heterocycles. The van der Waals surface area contributed by atoms with E-state index in [4.69, 9.17) is 9.47 Å². The standard InChI is InChI=1S/C19H25N3O2S/c1-23-17-8-6-15(14-18(17)24-2)16-7-9-19(21-20-16)25-13-12-22-10-4-3-5-11-22/h6-9,14H,3-5,10-13H2,1-2H3/p+1. The Morgan fingerprint density at radius 2 is 1.76 bits per heavy atom. The van der Waals surface area contributed by atoms with Gasteiger partial charge < -0.3 is 14.4 Å². The van der Waals surface area contributed by atoms with Crippen LogP contribution in [0.25, 0.3) is 11.3 Å². The maximum Gasteiger partial charge on any atom is 0.161 e. The van der Waals surface area contributed by atoms with Crippen molar-refractivity contribution in [3.8, 4) is 22.8 Å². The van der Waals surface area contributed by atoms with Gasteiger partial charge in [-0.15, -0.1) is 10.2 Å². The van der Waals surface area contributed by atoms with Gasteiger partial charge in [0.25, 0.3) is 0 Å². The monoisotopic (exact) mass is 360 g/mol. The zero-order valence-electron chi connectivity index (χ0n) is 15.0. The number of hydrogen-bond acceptors (Lipinski definition) is 5. The molecule has 0 saturated carbocycles. The van der Waals surface area contributed by atoms with Crippen molar-refractivity contribution in [2.45, 2.75) is 24.3 Å². The Morgan fingerprint density at radius 3 is 2.44 bits per heavy atom. The van der Waals surface area contributed by atoms with Gasteiger partial charge in [-0.05, 0) is 49.6 Å². The lowest BCUT2D eigenvalue weighted by Gasteiger charge is -2.23. The first-order valence-electron chi connectivity index (χ1n) is 8.82. The van der Waals surface area contributed by atoms with Crippen LogP contribution < -0.4 is 14.4 Å². The molecule has 0 atom stereocenters. The molecular formula is C19H26N3O2S+. The second-order valence-electron chi connectivity index (χ2n) is 6.24. The van der Waals surface area contributed by atoms with Crippen LogP contribution >= 0.6 is 11.8 Å². The molecule has 1 aromatic heterocycles. The van der Waals surface area contributed by atoms with Crippen molar-refractivity contribution in [3.63, 3.8) is 0 Å². The molecule has 1 aliphatic rings. The van der Waals surface area contributed by atoms with Crippen molar-refractivity contribution in [1.82, 2.24) is 10.2 Å². The molecule has 5 nitrogen and oxygen atoms in total.